The van der Waals surface area contributed by atoms with Crippen LogP contribution in [0.15, 0.2) is 127 Å². The monoisotopic (exact) mass is 1570 g/mol. The van der Waals surface area contributed by atoms with Gasteiger partial charge in [0.15, 0.2) is 0 Å². The number of para-hydroxylation sites is 2. The maximum absolute atomic E-state index is 14.3. The zero-order valence-electron chi connectivity index (χ0n) is 68.5. The fourth-order valence-corrected chi connectivity index (χ4v) is 18.9. The summed E-state index contributed by atoms with van der Waals surface area (Å²) in [4.78, 5) is 86.0. The first-order valence-corrected chi connectivity index (χ1v) is 40.3. The van der Waals surface area contributed by atoms with E-state index in [0.29, 0.717) is 87.8 Å². The lowest BCUT2D eigenvalue weighted by Gasteiger charge is -2.62. The van der Waals surface area contributed by atoms with Crippen LogP contribution in [0.1, 0.15) is 124 Å². The number of rotatable bonds is 32. The minimum atomic E-state index is -0.940. The van der Waals surface area contributed by atoms with Gasteiger partial charge in [-0.2, -0.15) is 10.1 Å². The van der Waals surface area contributed by atoms with Crippen LogP contribution in [0.5, 0.6) is 11.5 Å². The zero-order valence-corrected chi connectivity index (χ0v) is 68.5. The molecule has 0 radical (unpaired) electrons. The molecule has 17 atom stereocenters. The molecule has 2 saturated heterocycles. The molecule has 114 heavy (non-hydrogen) atoms. The van der Waals surface area contributed by atoms with Crippen molar-refractivity contribution < 1.29 is 77.8 Å². The molecule has 8 fully saturated rings. The van der Waals surface area contributed by atoms with E-state index in [1.165, 1.54) is 25.0 Å². The second kappa shape index (κ2) is 37.6. The van der Waals surface area contributed by atoms with Crippen molar-refractivity contribution in [2.75, 3.05) is 98.3 Å². The standard InChI is InChI=1S/C47H65N5O9.C42H55FN4O6/c1-28-37-24-34(47(37,3)4)25-38(28)49-46(58)42-41(29(2)55)40(27-54)61-52(42)26-31-14-11-15-36(43(31)59-7)32-21-33(23-35(22-32)51(5)6)44(56)50-39(20-30-12-9-8-10-13-30)45(57)48-16-18-60-19-17-53;1-24-34-20-30(42(34,3)4)21-35(24)45-41(51)38-37(25(2)49)36(23-48)53-47(38)22-27-9-8-10-33(39(27)52-7)28-17-29(19-32(18-28)46(5)6)40(50)44-16-15-26-11-13-31(43)14-12-26/h8-15,21-23,28-29,34,37-42,53-55H,16-20,24-27H2,1-7H3,(H,48,57)(H,49,58)(H,50,56);8-14,17-19,24-25,30,34-38,48-49H,15-16,20-23H2,1-7H3,(H,44,50)(H,45,51)/t28-,29-,34+,37-,38-,39+,40-,41-,42-;24-,25-,30+,34-,35-,36-,37+,38-/m00/s1. The van der Waals surface area contributed by atoms with Gasteiger partial charge < -0.3 is 76.1 Å². The predicted molar refractivity (Wildman–Crippen MR) is 435 cm³/mol. The van der Waals surface area contributed by atoms with Crippen molar-refractivity contribution in [2.45, 2.75) is 162 Å². The van der Waals surface area contributed by atoms with E-state index in [1.807, 2.05) is 129 Å². The number of benzene rings is 6. The van der Waals surface area contributed by atoms with Crippen LogP contribution in [-0.4, -0.2) is 208 Å². The Morgan fingerprint density at radius 2 is 1.05 bits per heavy atom. The summed E-state index contributed by atoms with van der Waals surface area (Å²) in [6.45, 7) is 17.4. The van der Waals surface area contributed by atoms with Gasteiger partial charge in [-0.25, -0.2) is 4.39 Å². The summed E-state index contributed by atoms with van der Waals surface area (Å²) in [6, 6.07) is 35.6. The van der Waals surface area contributed by atoms with E-state index in [2.05, 4.69) is 68.1 Å². The van der Waals surface area contributed by atoms with Crippen molar-refractivity contribution in [1.29, 1.82) is 0 Å². The Balaban J connectivity index is 0.000000227. The van der Waals surface area contributed by atoms with E-state index in [0.717, 1.165) is 52.0 Å². The first kappa shape index (κ1) is 86.3. The molecule has 14 rings (SSSR count). The first-order valence-electron chi connectivity index (χ1n) is 40.3. The summed E-state index contributed by atoms with van der Waals surface area (Å²) in [6.07, 6.45) is 1.59. The number of hydrogen-bond donors (Lipinski definition) is 10. The Kier molecular flexibility index (Phi) is 28.4. The molecule has 6 saturated carbocycles. The fourth-order valence-electron chi connectivity index (χ4n) is 18.9. The number of amides is 5. The molecular weight excluding hydrogens is 1450 g/mol. The molecule has 6 aromatic rings. The molecule has 618 valence electrons. The number of methoxy groups -OCH3 is 2. The van der Waals surface area contributed by atoms with Gasteiger partial charge in [0, 0.05) is 116 Å². The molecule has 24 nitrogen and oxygen atoms in total. The summed E-state index contributed by atoms with van der Waals surface area (Å²) < 4.78 is 30.8. The summed E-state index contributed by atoms with van der Waals surface area (Å²) in [5, 5.41) is 70.3. The van der Waals surface area contributed by atoms with Crippen LogP contribution in [0.2, 0.25) is 0 Å². The smallest absolute Gasteiger partial charge is 0.252 e. The average Bonchev–Trinajstić information content (AvgIpc) is 1.21. The van der Waals surface area contributed by atoms with Gasteiger partial charge in [-0.15, -0.1) is 0 Å². The summed E-state index contributed by atoms with van der Waals surface area (Å²) >= 11 is 0. The highest BCUT2D eigenvalue weighted by Crippen LogP contribution is 2.62. The predicted octanol–water partition coefficient (Wildman–Crippen LogP) is 8.76. The van der Waals surface area contributed by atoms with Crippen molar-refractivity contribution in [2.24, 2.45) is 58.2 Å². The number of carbonyl (C=O) groups excluding carboxylic acids is 5. The lowest BCUT2D eigenvalue weighted by atomic mass is 9.45. The molecule has 8 aliphatic rings. The van der Waals surface area contributed by atoms with Gasteiger partial charge in [-0.1, -0.05) is 120 Å². The minimum absolute atomic E-state index is 0.00201. The highest BCUT2D eigenvalue weighted by Gasteiger charge is 2.59. The lowest BCUT2D eigenvalue weighted by Crippen LogP contribution is -2.62. The van der Waals surface area contributed by atoms with Gasteiger partial charge in [0.25, 0.3) is 11.8 Å². The number of nitrogens with zero attached hydrogens (tertiary/aromatic N) is 4. The van der Waals surface area contributed by atoms with E-state index in [-0.39, 0.29) is 111 Å². The van der Waals surface area contributed by atoms with Crippen molar-refractivity contribution in [3.63, 3.8) is 0 Å². The number of ether oxygens (including phenoxy) is 3. The van der Waals surface area contributed by atoms with Gasteiger partial charge in [-0.3, -0.25) is 33.6 Å². The number of aliphatic hydroxyl groups excluding tert-OH is 5. The van der Waals surface area contributed by atoms with Gasteiger partial charge in [0.05, 0.1) is 72.6 Å². The molecule has 2 aliphatic heterocycles. The normalized spacial score (nSPS) is 25.9. The average molecular weight is 1570 g/mol. The Morgan fingerprint density at radius 3 is 1.47 bits per heavy atom. The third kappa shape index (κ3) is 19.1. The van der Waals surface area contributed by atoms with E-state index in [1.54, 1.807) is 62.5 Å². The molecule has 10 N–H and O–H groups in total. The third-order valence-electron chi connectivity index (χ3n) is 25.7. The number of carbonyl (C=O) groups is 5. The highest BCUT2D eigenvalue weighted by molar-refractivity contribution is 6.00. The van der Waals surface area contributed by atoms with Crippen LogP contribution in [0.25, 0.3) is 22.3 Å². The Hall–Kier alpha value is -8.60. The molecule has 0 spiro atoms. The number of nitrogens with one attached hydrogen (secondary N) is 5. The summed E-state index contributed by atoms with van der Waals surface area (Å²) in [7, 11) is 10.7. The van der Waals surface area contributed by atoms with Gasteiger partial charge in [-0.05, 0) is 163 Å². The molecule has 25 heteroatoms. The number of aliphatic hydroxyl groups is 5. The minimum Gasteiger partial charge on any atom is -0.496 e. The molecule has 5 amide bonds. The second-order valence-corrected chi connectivity index (χ2v) is 33.8. The SMILES string of the molecule is COc1c(CN2O[C@@H](CO)[C@@H]([C@H](C)O)[C@H]2C(=O)N[C@H]2C[C@H]3C[C@@H]([C@@H]2C)C3(C)C)cccc1-c1cc(C(=O)NCCc2ccc(F)cc2)cc(N(C)C)c1.COc1c(CN2O[C@@H](CO)[C@H]([C@H](C)O)[C@H]2C(=O)N[C@H]2C[C@H]3C[C@@H]([C@@H]2C)C3(C)C)cccc1-c1cc(C(=O)N[C@H](Cc2ccccc2)C(=O)NCCOCCO)cc(N(C)C)c1. The van der Waals surface area contributed by atoms with E-state index in [9.17, 15) is 48.8 Å². The first-order chi connectivity index (χ1) is 54.4. The van der Waals surface area contributed by atoms with Crippen LogP contribution in [0.3, 0.4) is 0 Å². The Bertz CT molecular complexity index is 4300. The number of fused-ring (bicyclic) bond motifs is 4. The third-order valence-corrected chi connectivity index (χ3v) is 25.7. The molecule has 6 aliphatic carbocycles. The highest BCUT2D eigenvalue weighted by atomic mass is 19.1. The second-order valence-electron chi connectivity index (χ2n) is 33.8. The maximum atomic E-state index is 14.3. The van der Waals surface area contributed by atoms with E-state index in [4.69, 9.17) is 29.0 Å². The fraction of sp³-hybridized carbons (Fsp3) is 0.539. The van der Waals surface area contributed by atoms with Crippen LogP contribution in [-0.2, 0) is 54.7 Å². The van der Waals surface area contributed by atoms with Crippen LogP contribution in [0.4, 0.5) is 15.8 Å². The van der Waals surface area contributed by atoms with Crippen molar-refractivity contribution in [3.8, 4) is 33.8 Å². The molecular formula is C89H120FN9O15. The Morgan fingerprint density at radius 1 is 0.579 bits per heavy atom. The molecule has 0 aromatic heterocycles. The molecule has 4 bridgehead atoms. The van der Waals surface area contributed by atoms with Gasteiger partial charge >= 0.3 is 0 Å². The molecule has 2 heterocycles. The van der Waals surface area contributed by atoms with Crippen molar-refractivity contribution in [3.05, 3.63) is 167 Å². The van der Waals surface area contributed by atoms with E-state index >= 15 is 0 Å². The van der Waals surface area contributed by atoms with Crippen molar-refractivity contribution >= 4 is 40.9 Å². The van der Waals surface area contributed by atoms with Gasteiger partial charge in [0.2, 0.25) is 17.7 Å². The Labute approximate surface area is 670 Å². The quantitative estimate of drug-likeness (QED) is 0.0176. The van der Waals surface area contributed by atoms with Crippen LogP contribution < -0.4 is 45.9 Å². The van der Waals surface area contributed by atoms with Crippen molar-refractivity contribution in [1.82, 2.24) is 36.7 Å². The molecule has 0 unspecified atom stereocenters. The number of anilines is 2. The largest absolute Gasteiger partial charge is 0.496 e. The topological polar surface area (TPSA) is 306 Å². The maximum Gasteiger partial charge on any atom is 0.252 e. The lowest BCUT2D eigenvalue weighted by molar-refractivity contribution is -0.183. The number of halogens is 1. The number of hydrogen-bond acceptors (Lipinski definition) is 19. The zero-order chi connectivity index (χ0) is 82.2. The van der Waals surface area contributed by atoms with E-state index < -0.39 is 60.3 Å². The van der Waals surface area contributed by atoms with Crippen LogP contribution >= 0.6 is 0 Å². The molecule has 6 aromatic carbocycles. The number of hydroxylamine groups is 4. The van der Waals surface area contributed by atoms with Crippen LogP contribution in [0, 0.1) is 64.0 Å². The summed E-state index contributed by atoms with van der Waals surface area (Å²) in [5.41, 5.74) is 8.99. The summed E-state index contributed by atoms with van der Waals surface area (Å²) in [5.74, 6) is 0.718. The van der Waals surface area contributed by atoms with Gasteiger partial charge in [0.1, 0.15) is 47.6 Å².